The third-order valence-corrected chi connectivity index (χ3v) is 13.5. The van der Waals surface area contributed by atoms with Crippen molar-refractivity contribution in [2.24, 2.45) is 0 Å². The predicted octanol–water partition coefficient (Wildman–Crippen LogP) is 10.8. The standard InChI is InChI=1S/C47H49BN2O/c1-28-22-38-42-39(23-28)50-43-34(46(8)20-12-13-21-47(46,50)9)24-30(45(5,6)7)25-36(43)48(42)35-19-16-29(44(2,3)4)26-37(35)49(38)31-17-18-33-32-14-10-11-15-40(32)51-41(33)27-31/h10-11,14-19,22-27H,12-13,20-21H2,1-9H3. The molecule has 0 spiro atoms. The Labute approximate surface area is 303 Å². The molecule has 4 heterocycles. The Morgan fingerprint density at radius 1 is 0.667 bits per heavy atom. The topological polar surface area (TPSA) is 19.6 Å². The number of fused-ring (bicyclic) bond motifs is 10. The van der Waals surface area contributed by atoms with E-state index in [2.05, 4.69) is 157 Å². The van der Waals surface area contributed by atoms with Crippen molar-refractivity contribution in [3.05, 3.63) is 107 Å². The minimum Gasteiger partial charge on any atom is -0.456 e. The summed E-state index contributed by atoms with van der Waals surface area (Å²) in [7, 11) is 0. The normalized spacial score (nSPS) is 21.9. The first kappa shape index (κ1) is 31.3. The lowest BCUT2D eigenvalue weighted by Crippen LogP contribution is -2.64. The van der Waals surface area contributed by atoms with E-state index in [1.807, 2.05) is 0 Å². The molecule has 0 bridgehead atoms. The van der Waals surface area contributed by atoms with Gasteiger partial charge in [0, 0.05) is 50.7 Å². The largest absolute Gasteiger partial charge is 0.456 e. The summed E-state index contributed by atoms with van der Waals surface area (Å²) in [4.78, 5) is 5.41. The Kier molecular flexibility index (Phi) is 6.08. The lowest BCUT2D eigenvalue weighted by molar-refractivity contribution is 0.195. The van der Waals surface area contributed by atoms with Gasteiger partial charge in [-0.15, -0.1) is 0 Å². The first-order chi connectivity index (χ1) is 24.2. The van der Waals surface area contributed by atoms with Gasteiger partial charge in [0.25, 0.3) is 6.71 Å². The van der Waals surface area contributed by atoms with Gasteiger partial charge in [0.05, 0.1) is 5.54 Å². The number of nitrogens with zero attached hydrogens (tertiary/aromatic N) is 2. The molecule has 0 amide bonds. The van der Waals surface area contributed by atoms with E-state index in [4.69, 9.17) is 4.42 Å². The number of rotatable bonds is 1. The van der Waals surface area contributed by atoms with Crippen molar-refractivity contribution >= 4 is 73.5 Å². The molecule has 1 aromatic heterocycles. The van der Waals surface area contributed by atoms with Crippen molar-refractivity contribution in [1.82, 2.24) is 0 Å². The van der Waals surface area contributed by atoms with Gasteiger partial charge < -0.3 is 14.2 Å². The van der Waals surface area contributed by atoms with E-state index in [0.29, 0.717) is 0 Å². The number of anilines is 5. The molecule has 1 aliphatic carbocycles. The van der Waals surface area contributed by atoms with Gasteiger partial charge in [0.1, 0.15) is 11.2 Å². The first-order valence-corrected chi connectivity index (χ1v) is 19.2. The average molecular weight is 669 g/mol. The average Bonchev–Trinajstić information content (AvgIpc) is 3.55. The van der Waals surface area contributed by atoms with Crippen LogP contribution in [0.3, 0.4) is 0 Å². The highest BCUT2D eigenvalue weighted by Crippen LogP contribution is 2.62. The first-order valence-electron chi connectivity index (χ1n) is 19.2. The van der Waals surface area contributed by atoms with Crippen LogP contribution >= 0.6 is 0 Å². The Balaban J connectivity index is 1.32. The highest BCUT2D eigenvalue weighted by atomic mass is 16.3. The third kappa shape index (κ3) is 4.03. The van der Waals surface area contributed by atoms with Crippen molar-refractivity contribution in [2.45, 2.75) is 110 Å². The lowest BCUT2D eigenvalue weighted by atomic mass is 9.33. The highest BCUT2D eigenvalue weighted by molar-refractivity contribution is 7.00. The number of furan rings is 1. The van der Waals surface area contributed by atoms with E-state index in [0.717, 1.165) is 22.2 Å². The third-order valence-electron chi connectivity index (χ3n) is 13.5. The van der Waals surface area contributed by atoms with Crippen molar-refractivity contribution < 1.29 is 4.42 Å². The quantitative estimate of drug-likeness (QED) is 0.162. The molecule has 6 aromatic rings. The lowest BCUT2D eigenvalue weighted by Gasteiger charge is -2.53. The molecule has 5 aromatic carbocycles. The zero-order valence-electron chi connectivity index (χ0n) is 31.8. The number of hydrogen-bond acceptors (Lipinski definition) is 3. The number of para-hydroxylation sites is 1. The SMILES string of the molecule is Cc1cc2c3c(c1)N1c4c(cc(C(C)(C)C)cc4C4(C)CCCCC14C)B3c1ccc(C(C)(C)C)cc1N2c1ccc2c(c1)oc1ccccc12. The Morgan fingerprint density at radius 3 is 2.18 bits per heavy atom. The molecule has 3 aliphatic heterocycles. The summed E-state index contributed by atoms with van der Waals surface area (Å²) in [5, 5.41) is 2.33. The van der Waals surface area contributed by atoms with E-state index in [-0.39, 0.29) is 28.5 Å². The summed E-state index contributed by atoms with van der Waals surface area (Å²) in [5.74, 6) is 0. The monoisotopic (exact) mass is 668 g/mol. The van der Waals surface area contributed by atoms with Crippen LogP contribution in [0.5, 0.6) is 0 Å². The second kappa shape index (κ2) is 9.91. The molecule has 4 aliphatic rings. The van der Waals surface area contributed by atoms with Gasteiger partial charge in [0.15, 0.2) is 0 Å². The maximum Gasteiger partial charge on any atom is 0.252 e. The van der Waals surface area contributed by atoms with Crippen LogP contribution in [0, 0.1) is 6.92 Å². The second-order valence-corrected chi connectivity index (χ2v) is 18.6. The minimum atomic E-state index is -0.000238. The van der Waals surface area contributed by atoms with Crippen LogP contribution in [0.25, 0.3) is 21.9 Å². The molecule has 2 atom stereocenters. The van der Waals surface area contributed by atoms with Crippen LogP contribution in [0.15, 0.2) is 89.3 Å². The fourth-order valence-corrected chi connectivity index (χ4v) is 10.5. The van der Waals surface area contributed by atoms with Crippen molar-refractivity contribution in [2.75, 3.05) is 9.80 Å². The molecule has 1 saturated carbocycles. The van der Waals surface area contributed by atoms with Gasteiger partial charge in [-0.1, -0.05) is 104 Å². The van der Waals surface area contributed by atoms with Crippen molar-refractivity contribution in [3.63, 3.8) is 0 Å². The number of hydrogen-bond donors (Lipinski definition) is 0. The Bertz CT molecular complexity index is 2480. The second-order valence-electron chi connectivity index (χ2n) is 18.6. The van der Waals surface area contributed by atoms with Crippen LogP contribution < -0.4 is 26.2 Å². The highest BCUT2D eigenvalue weighted by Gasteiger charge is 2.61. The van der Waals surface area contributed by atoms with Gasteiger partial charge >= 0.3 is 0 Å². The molecule has 3 nitrogen and oxygen atoms in total. The summed E-state index contributed by atoms with van der Waals surface area (Å²) in [6, 6.07) is 32.8. The van der Waals surface area contributed by atoms with Gasteiger partial charge in [-0.2, -0.15) is 0 Å². The molecule has 256 valence electrons. The molecule has 51 heavy (non-hydrogen) atoms. The van der Waals surface area contributed by atoms with E-state index >= 15 is 0 Å². The molecule has 0 radical (unpaired) electrons. The molecule has 4 heteroatoms. The van der Waals surface area contributed by atoms with E-state index in [1.54, 1.807) is 5.56 Å². The Morgan fingerprint density at radius 2 is 1.39 bits per heavy atom. The van der Waals surface area contributed by atoms with Crippen molar-refractivity contribution in [1.29, 1.82) is 0 Å². The van der Waals surface area contributed by atoms with Crippen molar-refractivity contribution in [3.8, 4) is 0 Å². The summed E-state index contributed by atoms with van der Waals surface area (Å²) < 4.78 is 6.52. The maximum absolute atomic E-state index is 6.52. The zero-order chi connectivity index (χ0) is 35.4. The summed E-state index contributed by atoms with van der Waals surface area (Å²) in [6.45, 7) is 21.8. The number of benzene rings is 5. The molecule has 1 fully saturated rings. The minimum absolute atomic E-state index is 0.000238. The molecule has 10 rings (SSSR count). The van der Waals surface area contributed by atoms with Crippen LogP contribution in [-0.2, 0) is 16.2 Å². The van der Waals surface area contributed by atoms with Gasteiger partial charge in [-0.05, 0) is 113 Å². The van der Waals surface area contributed by atoms with E-state index < -0.39 is 0 Å². The summed E-state index contributed by atoms with van der Waals surface area (Å²) >= 11 is 0. The summed E-state index contributed by atoms with van der Waals surface area (Å²) in [6.07, 6.45) is 5.00. The molecule has 2 unspecified atom stereocenters. The van der Waals surface area contributed by atoms with Gasteiger partial charge in [0.2, 0.25) is 0 Å². The van der Waals surface area contributed by atoms with Crippen LogP contribution in [0.4, 0.5) is 28.4 Å². The predicted molar refractivity (Wildman–Crippen MR) is 218 cm³/mol. The molecule has 0 N–H and O–H groups in total. The smallest absolute Gasteiger partial charge is 0.252 e. The van der Waals surface area contributed by atoms with E-state index in [9.17, 15) is 0 Å². The maximum atomic E-state index is 6.52. The molecule has 0 saturated heterocycles. The van der Waals surface area contributed by atoms with Crippen LogP contribution in [-0.4, -0.2) is 12.3 Å². The van der Waals surface area contributed by atoms with Crippen LogP contribution in [0.2, 0.25) is 0 Å². The fourth-order valence-electron chi connectivity index (χ4n) is 10.5. The van der Waals surface area contributed by atoms with E-state index in [1.165, 1.54) is 86.9 Å². The number of aryl methyl sites for hydroxylation is 1. The molecular formula is C47H49BN2O. The zero-order valence-corrected chi connectivity index (χ0v) is 31.8. The Hall–Kier alpha value is -4.44. The fraction of sp³-hybridized carbons (Fsp3) is 0.362. The summed E-state index contributed by atoms with van der Waals surface area (Å²) in [5.41, 5.74) is 18.6. The van der Waals surface area contributed by atoms with Gasteiger partial charge in [-0.25, -0.2) is 0 Å². The molecular weight excluding hydrogens is 619 g/mol. The van der Waals surface area contributed by atoms with Gasteiger partial charge in [-0.3, -0.25) is 0 Å². The van der Waals surface area contributed by atoms with Crippen LogP contribution in [0.1, 0.15) is 103 Å².